The maximum atomic E-state index is 13.3. The summed E-state index contributed by atoms with van der Waals surface area (Å²) in [4.78, 5) is 10.6. The van der Waals surface area contributed by atoms with E-state index in [1.165, 1.54) is 6.07 Å². The Labute approximate surface area is 167 Å². The molecular weight excluding hydrogens is 459 g/mol. The van der Waals surface area contributed by atoms with Crippen molar-refractivity contribution in [3.63, 3.8) is 0 Å². The average Bonchev–Trinajstić information content (AvgIpc) is 3.03. The number of anilines is 1. The predicted octanol–water partition coefficient (Wildman–Crippen LogP) is 3.53. The molecule has 9 heteroatoms. The summed E-state index contributed by atoms with van der Waals surface area (Å²) in [7, 11) is 5.54. The molecule has 0 saturated carbocycles. The Morgan fingerprint density at radius 1 is 1.32 bits per heavy atom. The Hall–Kier alpha value is -1.49. The van der Waals surface area contributed by atoms with Gasteiger partial charge in [0.1, 0.15) is 0 Å². The number of halogens is 3. The predicted molar refractivity (Wildman–Crippen MR) is 110 cm³/mol. The molecule has 2 aromatic rings. The van der Waals surface area contributed by atoms with Gasteiger partial charge in [-0.2, -0.15) is 0 Å². The van der Waals surface area contributed by atoms with Gasteiger partial charge in [0.2, 0.25) is 0 Å². The van der Waals surface area contributed by atoms with Crippen molar-refractivity contribution in [3.8, 4) is 0 Å². The molecule has 0 fully saturated rings. The molecule has 0 radical (unpaired) electrons. The summed E-state index contributed by atoms with van der Waals surface area (Å²) in [6, 6.07) is 3.63. The Morgan fingerprint density at radius 3 is 2.60 bits per heavy atom. The molecule has 1 aromatic heterocycles. The molecule has 0 aliphatic rings. The highest BCUT2D eigenvalue weighted by atomic mass is 127. The van der Waals surface area contributed by atoms with E-state index in [2.05, 4.69) is 20.6 Å². The number of nitrogens with one attached hydrogen (secondary N) is 2. The minimum absolute atomic E-state index is 0. The van der Waals surface area contributed by atoms with Gasteiger partial charge >= 0.3 is 0 Å². The first-order valence-corrected chi connectivity index (χ1v) is 8.32. The lowest BCUT2D eigenvalue weighted by atomic mass is 10.1. The summed E-state index contributed by atoms with van der Waals surface area (Å²) in [5.74, 6) is -1.15. The van der Waals surface area contributed by atoms with Gasteiger partial charge in [0, 0.05) is 26.5 Å². The smallest absolute Gasteiger partial charge is 0.191 e. The van der Waals surface area contributed by atoms with Crippen LogP contribution in [-0.4, -0.2) is 32.1 Å². The largest absolute Gasteiger partial charge is 0.354 e. The quantitative estimate of drug-likeness (QED) is 0.390. The molecule has 1 heterocycles. The molecule has 2 rings (SSSR count). The highest BCUT2D eigenvalue weighted by Crippen LogP contribution is 2.18. The van der Waals surface area contributed by atoms with Crippen molar-refractivity contribution in [1.82, 2.24) is 15.6 Å². The third-order valence-corrected chi connectivity index (χ3v) is 4.44. The first kappa shape index (κ1) is 21.6. The maximum Gasteiger partial charge on any atom is 0.191 e. The third-order valence-electron chi connectivity index (χ3n) is 3.38. The Morgan fingerprint density at radius 2 is 2.04 bits per heavy atom. The Kier molecular flexibility index (Phi) is 8.50. The van der Waals surface area contributed by atoms with Crippen LogP contribution in [0.5, 0.6) is 0 Å². The number of hydrogen-bond donors (Lipinski definition) is 2. The van der Waals surface area contributed by atoms with Crippen LogP contribution in [0.1, 0.15) is 24.2 Å². The molecule has 0 amide bonds. The van der Waals surface area contributed by atoms with Crippen molar-refractivity contribution in [3.05, 3.63) is 46.5 Å². The molecule has 1 aromatic carbocycles. The van der Waals surface area contributed by atoms with Crippen molar-refractivity contribution in [1.29, 1.82) is 0 Å². The normalized spacial score (nSPS) is 12.3. The number of benzene rings is 1. The van der Waals surface area contributed by atoms with Gasteiger partial charge in [-0.25, -0.2) is 13.8 Å². The number of guanidine groups is 1. The summed E-state index contributed by atoms with van der Waals surface area (Å²) in [6.45, 7) is 2.38. The van der Waals surface area contributed by atoms with Crippen LogP contribution in [-0.2, 0) is 6.54 Å². The zero-order valence-corrected chi connectivity index (χ0v) is 17.7. The van der Waals surface area contributed by atoms with E-state index >= 15 is 0 Å². The zero-order chi connectivity index (χ0) is 17.7. The molecule has 2 N–H and O–H groups in total. The van der Waals surface area contributed by atoms with Crippen LogP contribution in [0.3, 0.4) is 0 Å². The molecule has 0 aliphatic carbocycles. The van der Waals surface area contributed by atoms with Crippen molar-refractivity contribution >= 4 is 46.4 Å². The number of hydrogen-bond acceptors (Lipinski definition) is 4. The van der Waals surface area contributed by atoms with Crippen LogP contribution >= 0.6 is 35.3 Å². The van der Waals surface area contributed by atoms with Gasteiger partial charge in [-0.15, -0.1) is 35.3 Å². The van der Waals surface area contributed by atoms with Crippen LogP contribution in [0.25, 0.3) is 0 Å². The van der Waals surface area contributed by atoms with Crippen LogP contribution in [0.15, 0.2) is 28.6 Å². The van der Waals surface area contributed by atoms with E-state index in [0.29, 0.717) is 18.1 Å². The standard InChI is InChI=1S/C16H21F2N5S.HI/c1-10(11-5-6-13(17)14(18)7-11)21-15(19-2)20-8-12-9-24-16(22-12)23(3)4;/h5-7,9-10H,8H2,1-4H3,(H2,19,20,21);1H. The lowest BCUT2D eigenvalue weighted by Gasteiger charge is -2.18. The molecule has 5 nitrogen and oxygen atoms in total. The first-order chi connectivity index (χ1) is 11.4. The summed E-state index contributed by atoms with van der Waals surface area (Å²) in [5, 5.41) is 9.22. The van der Waals surface area contributed by atoms with Crippen molar-refractivity contribution in [2.24, 2.45) is 4.99 Å². The van der Waals surface area contributed by atoms with E-state index in [1.54, 1.807) is 24.5 Å². The zero-order valence-electron chi connectivity index (χ0n) is 14.5. The van der Waals surface area contributed by atoms with Crippen LogP contribution in [0, 0.1) is 11.6 Å². The van der Waals surface area contributed by atoms with E-state index in [4.69, 9.17) is 0 Å². The van der Waals surface area contributed by atoms with E-state index in [1.807, 2.05) is 31.3 Å². The molecule has 0 saturated heterocycles. The summed E-state index contributed by atoms with van der Waals surface area (Å²) in [5.41, 5.74) is 1.55. The summed E-state index contributed by atoms with van der Waals surface area (Å²) >= 11 is 1.57. The van der Waals surface area contributed by atoms with Crippen molar-refractivity contribution in [2.75, 3.05) is 26.0 Å². The Bertz CT molecular complexity index is 720. The van der Waals surface area contributed by atoms with E-state index in [-0.39, 0.29) is 30.0 Å². The molecule has 0 spiro atoms. The van der Waals surface area contributed by atoms with E-state index in [0.717, 1.165) is 16.9 Å². The topological polar surface area (TPSA) is 52.6 Å². The monoisotopic (exact) mass is 481 g/mol. The molecular formula is C16H22F2IN5S. The lowest BCUT2D eigenvalue weighted by molar-refractivity contribution is 0.504. The van der Waals surface area contributed by atoms with Gasteiger partial charge in [0.15, 0.2) is 22.7 Å². The van der Waals surface area contributed by atoms with E-state index in [9.17, 15) is 8.78 Å². The molecule has 0 bridgehead atoms. The van der Waals surface area contributed by atoms with E-state index < -0.39 is 11.6 Å². The fourth-order valence-corrected chi connectivity index (χ4v) is 2.78. The minimum atomic E-state index is -0.859. The van der Waals surface area contributed by atoms with Gasteiger partial charge in [0.25, 0.3) is 0 Å². The second-order valence-electron chi connectivity index (χ2n) is 5.48. The molecule has 1 atom stereocenters. The molecule has 0 aliphatic heterocycles. The van der Waals surface area contributed by atoms with Gasteiger partial charge in [-0.05, 0) is 24.6 Å². The van der Waals surface area contributed by atoms with Crippen LogP contribution in [0.2, 0.25) is 0 Å². The van der Waals surface area contributed by atoms with Gasteiger partial charge < -0.3 is 15.5 Å². The fraction of sp³-hybridized carbons (Fsp3) is 0.375. The van der Waals surface area contributed by atoms with Gasteiger partial charge in [-0.3, -0.25) is 4.99 Å². The Balaban J connectivity index is 0.00000312. The molecule has 25 heavy (non-hydrogen) atoms. The SMILES string of the molecule is CN=C(NCc1csc(N(C)C)n1)NC(C)c1ccc(F)c(F)c1.I. The van der Waals surface area contributed by atoms with Crippen molar-refractivity contribution < 1.29 is 8.78 Å². The van der Waals surface area contributed by atoms with Gasteiger partial charge in [-0.1, -0.05) is 6.07 Å². The number of rotatable bonds is 5. The number of aromatic nitrogens is 1. The second-order valence-corrected chi connectivity index (χ2v) is 6.32. The average molecular weight is 481 g/mol. The number of aliphatic imine (C=N–C) groups is 1. The first-order valence-electron chi connectivity index (χ1n) is 7.44. The summed E-state index contributed by atoms with van der Waals surface area (Å²) < 4.78 is 26.4. The third kappa shape index (κ3) is 6.07. The highest BCUT2D eigenvalue weighted by molar-refractivity contribution is 14.0. The molecule has 1 unspecified atom stereocenters. The van der Waals surface area contributed by atoms with Crippen molar-refractivity contribution in [2.45, 2.75) is 19.5 Å². The molecule has 138 valence electrons. The van der Waals surface area contributed by atoms with Crippen LogP contribution in [0.4, 0.5) is 13.9 Å². The number of thiazole rings is 1. The fourth-order valence-electron chi connectivity index (χ4n) is 2.02. The van der Waals surface area contributed by atoms with Crippen LogP contribution < -0.4 is 15.5 Å². The second kappa shape index (κ2) is 9.85. The van der Waals surface area contributed by atoms with Gasteiger partial charge in [0.05, 0.1) is 18.3 Å². The number of nitrogens with zero attached hydrogens (tertiary/aromatic N) is 3. The minimum Gasteiger partial charge on any atom is -0.354 e. The lowest BCUT2D eigenvalue weighted by Crippen LogP contribution is -2.38. The highest BCUT2D eigenvalue weighted by Gasteiger charge is 2.11. The maximum absolute atomic E-state index is 13.3. The summed E-state index contributed by atoms with van der Waals surface area (Å²) in [6.07, 6.45) is 0.